The van der Waals surface area contributed by atoms with E-state index in [4.69, 9.17) is 4.74 Å². The van der Waals surface area contributed by atoms with Gasteiger partial charge < -0.3 is 14.7 Å². The van der Waals surface area contributed by atoms with Crippen molar-refractivity contribution in [1.82, 2.24) is 0 Å². The molecular formula is C17H17NO3S. The molecular weight excluding hydrogens is 298 g/mol. The van der Waals surface area contributed by atoms with Crippen LogP contribution >= 0.6 is 11.8 Å². The number of nitrogens with zero attached hydrogens (tertiary/aromatic N) is 1. The van der Waals surface area contributed by atoms with E-state index in [2.05, 4.69) is 17.0 Å². The first-order valence-corrected chi connectivity index (χ1v) is 7.92. The highest BCUT2D eigenvalue weighted by Crippen LogP contribution is 2.47. The van der Waals surface area contributed by atoms with Crippen molar-refractivity contribution in [2.24, 2.45) is 0 Å². The minimum Gasteiger partial charge on any atom is -0.464 e. The van der Waals surface area contributed by atoms with Crippen LogP contribution in [0.4, 0.5) is 11.4 Å². The molecule has 0 fully saturated rings. The fourth-order valence-corrected chi connectivity index (χ4v) is 3.68. The number of fused-ring (bicyclic) bond motifs is 2. The zero-order valence-corrected chi connectivity index (χ0v) is 13.3. The number of esters is 1. The molecule has 1 atom stereocenters. The van der Waals surface area contributed by atoms with Crippen LogP contribution in [0.25, 0.3) is 0 Å². The summed E-state index contributed by atoms with van der Waals surface area (Å²) in [5.74, 6) is -0.614. The van der Waals surface area contributed by atoms with Crippen LogP contribution in [-0.2, 0) is 9.53 Å². The Labute approximate surface area is 133 Å². The molecule has 0 saturated carbocycles. The smallest absolute Gasteiger partial charge is 0.339 e. The number of para-hydroxylation sites is 1. The van der Waals surface area contributed by atoms with Gasteiger partial charge in [0, 0.05) is 16.8 Å². The molecule has 0 unspecified atom stereocenters. The molecule has 22 heavy (non-hydrogen) atoms. The Hall–Kier alpha value is -1.98. The van der Waals surface area contributed by atoms with E-state index in [0.29, 0.717) is 5.56 Å². The second-order valence-corrected chi connectivity index (χ2v) is 6.09. The third-order valence-corrected chi connectivity index (χ3v) is 4.73. The quantitative estimate of drug-likeness (QED) is 0.878. The predicted molar refractivity (Wildman–Crippen MR) is 86.7 cm³/mol. The average Bonchev–Trinajstić information content (AvgIpc) is 2.54. The highest BCUT2D eigenvalue weighted by atomic mass is 32.2. The van der Waals surface area contributed by atoms with Crippen molar-refractivity contribution >= 4 is 29.1 Å². The van der Waals surface area contributed by atoms with E-state index in [0.717, 1.165) is 21.2 Å². The van der Waals surface area contributed by atoms with Crippen LogP contribution in [0.1, 0.15) is 18.6 Å². The lowest BCUT2D eigenvalue weighted by Gasteiger charge is -2.29. The first-order valence-electron chi connectivity index (χ1n) is 7.11. The number of anilines is 2. The van der Waals surface area contributed by atoms with Crippen molar-refractivity contribution < 1.29 is 14.6 Å². The van der Waals surface area contributed by atoms with E-state index in [1.54, 1.807) is 24.8 Å². The molecule has 3 rings (SSSR count). The highest BCUT2D eigenvalue weighted by molar-refractivity contribution is 7.99. The van der Waals surface area contributed by atoms with Gasteiger partial charge in [0.15, 0.2) is 6.10 Å². The molecule has 114 valence electrons. The first kappa shape index (κ1) is 14.9. The van der Waals surface area contributed by atoms with Crippen molar-refractivity contribution in [2.45, 2.75) is 22.8 Å². The number of benzene rings is 2. The maximum atomic E-state index is 11.7. The van der Waals surface area contributed by atoms with Crippen LogP contribution in [-0.4, -0.2) is 24.7 Å². The molecule has 1 heterocycles. The summed E-state index contributed by atoms with van der Waals surface area (Å²) < 4.78 is 4.87. The van der Waals surface area contributed by atoms with Crippen molar-refractivity contribution in [3.8, 4) is 0 Å². The highest BCUT2D eigenvalue weighted by Gasteiger charge is 2.24. The van der Waals surface area contributed by atoms with Gasteiger partial charge in [-0.15, -0.1) is 0 Å². The summed E-state index contributed by atoms with van der Waals surface area (Å²) in [7, 11) is 2.01. The number of carbonyl (C=O) groups excluding carboxylic acids is 1. The van der Waals surface area contributed by atoms with Crippen molar-refractivity contribution in [1.29, 1.82) is 0 Å². The molecule has 1 aliphatic heterocycles. The van der Waals surface area contributed by atoms with Crippen molar-refractivity contribution in [3.63, 3.8) is 0 Å². The van der Waals surface area contributed by atoms with E-state index in [-0.39, 0.29) is 6.61 Å². The Morgan fingerprint density at radius 3 is 2.73 bits per heavy atom. The molecule has 1 aliphatic rings. The van der Waals surface area contributed by atoms with Gasteiger partial charge >= 0.3 is 5.97 Å². The number of ether oxygens (including phenoxy) is 1. The Balaban J connectivity index is 1.94. The van der Waals surface area contributed by atoms with E-state index in [1.165, 1.54) is 0 Å². The van der Waals surface area contributed by atoms with E-state index in [1.807, 2.05) is 31.3 Å². The molecule has 0 amide bonds. The van der Waals surface area contributed by atoms with E-state index >= 15 is 0 Å². The van der Waals surface area contributed by atoms with Gasteiger partial charge in [0.05, 0.1) is 18.0 Å². The molecule has 0 aromatic heterocycles. The number of hydrogen-bond donors (Lipinski definition) is 1. The van der Waals surface area contributed by atoms with E-state index in [9.17, 15) is 9.90 Å². The van der Waals surface area contributed by atoms with Gasteiger partial charge in [-0.1, -0.05) is 30.0 Å². The summed E-state index contributed by atoms with van der Waals surface area (Å²) in [6.45, 7) is 1.98. The minimum atomic E-state index is -1.24. The predicted octanol–water partition coefficient (Wildman–Crippen LogP) is 3.52. The van der Waals surface area contributed by atoms with Crippen LogP contribution < -0.4 is 4.90 Å². The number of aliphatic hydroxyl groups excluding tert-OH is 1. The van der Waals surface area contributed by atoms with Gasteiger partial charge in [0.1, 0.15) is 0 Å². The van der Waals surface area contributed by atoms with Crippen LogP contribution in [0.3, 0.4) is 0 Å². The van der Waals surface area contributed by atoms with Crippen LogP contribution in [0.15, 0.2) is 52.3 Å². The summed E-state index contributed by atoms with van der Waals surface area (Å²) in [4.78, 5) is 16.0. The Kier molecular flexibility index (Phi) is 4.09. The topological polar surface area (TPSA) is 49.8 Å². The summed E-state index contributed by atoms with van der Waals surface area (Å²) in [6, 6.07) is 13.7. The Morgan fingerprint density at radius 2 is 1.95 bits per heavy atom. The van der Waals surface area contributed by atoms with Crippen LogP contribution in [0.2, 0.25) is 0 Å². The number of aliphatic hydroxyl groups is 1. The second-order valence-electron chi connectivity index (χ2n) is 5.01. The number of rotatable bonds is 3. The fraction of sp³-hybridized carbons (Fsp3) is 0.235. The summed E-state index contributed by atoms with van der Waals surface area (Å²) in [5.41, 5.74) is 2.76. The number of carbonyl (C=O) groups is 1. The molecule has 0 radical (unpaired) electrons. The zero-order chi connectivity index (χ0) is 15.7. The maximum Gasteiger partial charge on any atom is 0.339 e. The third-order valence-electron chi connectivity index (χ3n) is 3.62. The van der Waals surface area contributed by atoms with Crippen molar-refractivity contribution in [3.05, 3.63) is 48.0 Å². The monoisotopic (exact) mass is 315 g/mol. The molecule has 4 nitrogen and oxygen atoms in total. The van der Waals surface area contributed by atoms with E-state index < -0.39 is 12.1 Å². The molecule has 1 N–H and O–H groups in total. The zero-order valence-electron chi connectivity index (χ0n) is 12.4. The standard InChI is InChI=1S/C17H17NO3S/c1-3-21-17(20)16(19)11-8-9-13-15(10-11)22-14-7-5-4-6-12(14)18(13)2/h4-10,16,19H,3H2,1-2H3/t16-/m1/s1. The largest absolute Gasteiger partial charge is 0.464 e. The molecule has 0 saturated heterocycles. The fourth-order valence-electron chi connectivity index (χ4n) is 2.49. The number of hydrogen-bond acceptors (Lipinski definition) is 5. The molecule has 0 aliphatic carbocycles. The molecule has 2 aromatic rings. The molecule has 2 aromatic carbocycles. The van der Waals surface area contributed by atoms with Gasteiger partial charge in [-0.05, 0) is 36.8 Å². The lowest BCUT2D eigenvalue weighted by molar-refractivity contribution is -0.153. The van der Waals surface area contributed by atoms with Gasteiger partial charge in [-0.3, -0.25) is 0 Å². The lowest BCUT2D eigenvalue weighted by atomic mass is 10.1. The van der Waals surface area contributed by atoms with Crippen LogP contribution in [0, 0.1) is 0 Å². The van der Waals surface area contributed by atoms with Crippen LogP contribution in [0.5, 0.6) is 0 Å². The maximum absolute atomic E-state index is 11.7. The first-order chi connectivity index (χ1) is 10.6. The lowest BCUT2D eigenvalue weighted by Crippen LogP contribution is -2.17. The SMILES string of the molecule is CCOC(=O)[C@H](O)c1ccc2c(c1)Sc1ccccc1N2C. The van der Waals surface area contributed by atoms with Gasteiger partial charge in [0.25, 0.3) is 0 Å². The average molecular weight is 315 g/mol. The van der Waals surface area contributed by atoms with Gasteiger partial charge in [-0.2, -0.15) is 0 Å². The normalized spacial score (nSPS) is 14.0. The van der Waals surface area contributed by atoms with Gasteiger partial charge in [0.2, 0.25) is 0 Å². The molecule has 0 bridgehead atoms. The van der Waals surface area contributed by atoms with Gasteiger partial charge in [-0.25, -0.2) is 4.79 Å². The summed E-state index contributed by atoms with van der Waals surface area (Å²) in [6.07, 6.45) is -1.24. The minimum absolute atomic E-state index is 0.256. The molecule has 0 spiro atoms. The summed E-state index contributed by atoms with van der Waals surface area (Å²) >= 11 is 1.64. The third kappa shape index (κ3) is 2.58. The Bertz CT molecular complexity index is 717. The Morgan fingerprint density at radius 1 is 1.23 bits per heavy atom. The second kappa shape index (κ2) is 6.02. The molecule has 5 heteroatoms. The summed E-state index contributed by atoms with van der Waals surface area (Å²) in [5, 5.41) is 10.1. The van der Waals surface area contributed by atoms with Crippen molar-refractivity contribution in [2.75, 3.05) is 18.6 Å².